The van der Waals surface area contributed by atoms with Crippen LogP contribution in [0.25, 0.3) is 22.2 Å². The fraction of sp³-hybridized carbons (Fsp3) is 0. The minimum absolute atomic E-state index is 0.671. The van der Waals surface area contributed by atoms with Gasteiger partial charge in [0.15, 0.2) is 5.76 Å². The van der Waals surface area contributed by atoms with Crippen LogP contribution in [0.15, 0.2) is 53.1 Å². The highest BCUT2D eigenvalue weighted by Gasteiger charge is 2.12. The van der Waals surface area contributed by atoms with Gasteiger partial charge in [-0.05, 0) is 24.3 Å². The zero-order valence-electron chi connectivity index (χ0n) is 8.35. The first-order valence-corrected chi connectivity index (χ1v) is 5.33. The van der Waals surface area contributed by atoms with Crippen molar-refractivity contribution in [1.82, 2.24) is 5.16 Å². The van der Waals surface area contributed by atoms with Crippen molar-refractivity contribution in [1.29, 1.82) is 0 Å². The number of aromatic nitrogens is 1. The number of rotatable bonds is 1. The fourth-order valence-electron chi connectivity index (χ4n) is 1.73. The van der Waals surface area contributed by atoms with E-state index in [1.807, 2.05) is 48.5 Å². The van der Waals surface area contributed by atoms with Crippen molar-refractivity contribution in [2.45, 2.75) is 0 Å². The van der Waals surface area contributed by atoms with E-state index in [1.165, 1.54) is 0 Å². The van der Waals surface area contributed by atoms with Crippen LogP contribution in [0.3, 0.4) is 0 Å². The summed E-state index contributed by atoms with van der Waals surface area (Å²) in [5.41, 5.74) is 1.72. The lowest BCUT2D eigenvalue weighted by molar-refractivity contribution is 0.441. The van der Waals surface area contributed by atoms with Gasteiger partial charge in [0, 0.05) is 10.9 Å². The van der Waals surface area contributed by atoms with Crippen molar-refractivity contribution in [3.05, 3.63) is 53.6 Å². The maximum absolute atomic E-state index is 6.13. The molecule has 3 rings (SSSR count). The highest BCUT2D eigenvalue weighted by Crippen LogP contribution is 2.32. The quantitative estimate of drug-likeness (QED) is 0.627. The number of nitrogens with zero attached hydrogens (tertiary/aromatic N) is 1. The lowest BCUT2D eigenvalue weighted by Gasteiger charge is -1.98. The molecule has 16 heavy (non-hydrogen) atoms. The Balaban J connectivity index is 2.31. The molecule has 0 fully saturated rings. The number of fused-ring (bicyclic) bond motifs is 1. The third-order valence-electron chi connectivity index (χ3n) is 2.50. The fourth-order valence-corrected chi connectivity index (χ4v) is 1.95. The second-order valence-corrected chi connectivity index (χ2v) is 3.92. The third-order valence-corrected chi connectivity index (χ3v) is 2.83. The van der Waals surface area contributed by atoms with Gasteiger partial charge in [-0.25, -0.2) is 0 Å². The molecule has 1 aromatic heterocycles. The predicted octanol–water partition coefficient (Wildman–Crippen LogP) is 4.15. The van der Waals surface area contributed by atoms with Gasteiger partial charge in [0.25, 0.3) is 0 Å². The molecular formula is C13H8ClNO. The summed E-state index contributed by atoms with van der Waals surface area (Å²) < 4.78 is 5.35. The maximum Gasteiger partial charge on any atom is 0.176 e. The second-order valence-electron chi connectivity index (χ2n) is 3.51. The van der Waals surface area contributed by atoms with Crippen LogP contribution in [0, 0.1) is 0 Å². The average molecular weight is 230 g/mol. The molecule has 78 valence electrons. The van der Waals surface area contributed by atoms with E-state index >= 15 is 0 Å². The largest absolute Gasteiger partial charge is 0.355 e. The number of hydrogen-bond acceptors (Lipinski definition) is 2. The van der Waals surface area contributed by atoms with Gasteiger partial charge >= 0.3 is 0 Å². The van der Waals surface area contributed by atoms with Gasteiger partial charge in [0.1, 0.15) is 5.52 Å². The highest BCUT2D eigenvalue weighted by atomic mass is 35.5. The van der Waals surface area contributed by atoms with Crippen LogP contribution in [0.2, 0.25) is 5.02 Å². The van der Waals surface area contributed by atoms with Crippen LogP contribution in [0.4, 0.5) is 0 Å². The minimum atomic E-state index is 0.671. The Bertz CT molecular complexity index is 645. The van der Waals surface area contributed by atoms with Crippen molar-refractivity contribution < 1.29 is 4.52 Å². The van der Waals surface area contributed by atoms with Gasteiger partial charge in [0.05, 0.1) is 5.02 Å². The van der Waals surface area contributed by atoms with E-state index in [0.29, 0.717) is 5.02 Å². The van der Waals surface area contributed by atoms with Gasteiger partial charge < -0.3 is 4.52 Å². The number of halogens is 1. The van der Waals surface area contributed by atoms with E-state index in [1.54, 1.807) is 0 Å². The monoisotopic (exact) mass is 229 g/mol. The summed E-state index contributed by atoms with van der Waals surface area (Å²) in [4.78, 5) is 0. The molecule has 2 aromatic carbocycles. The zero-order valence-corrected chi connectivity index (χ0v) is 9.11. The third kappa shape index (κ3) is 1.39. The Morgan fingerprint density at radius 2 is 1.69 bits per heavy atom. The number of benzene rings is 2. The summed E-state index contributed by atoms with van der Waals surface area (Å²) in [5, 5.41) is 5.66. The first kappa shape index (κ1) is 9.43. The molecule has 0 aliphatic heterocycles. The summed E-state index contributed by atoms with van der Waals surface area (Å²) in [6.45, 7) is 0. The summed E-state index contributed by atoms with van der Waals surface area (Å²) in [6, 6.07) is 15.4. The molecule has 0 bridgehead atoms. The molecule has 0 saturated heterocycles. The van der Waals surface area contributed by atoms with Gasteiger partial charge in [-0.3, -0.25) is 0 Å². The maximum atomic E-state index is 6.13. The molecule has 1 heterocycles. The molecule has 0 amide bonds. The Morgan fingerprint density at radius 3 is 2.56 bits per heavy atom. The Morgan fingerprint density at radius 1 is 0.938 bits per heavy atom. The first-order chi connectivity index (χ1) is 7.86. The lowest BCUT2D eigenvalue weighted by Crippen LogP contribution is -1.76. The highest BCUT2D eigenvalue weighted by molar-refractivity contribution is 6.33. The lowest BCUT2D eigenvalue weighted by atomic mass is 10.1. The smallest absolute Gasteiger partial charge is 0.176 e. The van der Waals surface area contributed by atoms with Crippen molar-refractivity contribution in [3.8, 4) is 11.3 Å². The first-order valence-electron chi connectivity index (χ1n) is 4.95. The summed E-state index contributed by atoms with van der Waals surface area (Å²) in [6.07, 6.45) is 0. The van der Waals surface area contributed by atoms with Gasteiger partial charge in [0.2, 0.25) is 0 Å². The standard InChI is InChI=1S/C13H8ClNO/c14-11-7-3-1-5-9(11)13-10-6-2-4-8-12(10)15-16-13/h1-8H. The molecule has 0 spiro atoms. The zero-order chi connectivity index (χ0) is 11.0. The van der Waals surface area contributed by atoms with E-state index in [-0.39, 0.29) is 0 Å². The van der Waals surface area contributed by atoms with Crippen molar-refractivity contribution in [2.24, 2.45) is 0 Å². The molecular weight excluding hydrogens is 222 g/mol. The summed E-state index contributed by atoms with van der Waals surface area (Å²) in [5.74, 6) is 0.723. The molecule has 3 aromatic rings. The summed E-state index contributed by atoms with van der Waals surface area (Å²) >= 11 is 6.13. The molecule has 0 N–H and O–H groups in total. The van der Waals surface area contributed by atoms with Crippen LogP contribution < -0.4 is 0 Å². The molecule has 0 aliphatic carbocycles. The van der Waals surface area contributed by atoms with Gasteiger partial charge in [-0.2, -0.15) is 0 Å². The van der Waals surface area contributed by atoms with E-state index in [4.69, 9.17) is 16.1 Å². The summed E-state index contributed by atoms with van der Waals surface area (Å²) in [7, 11) is 0. The van der Waals surface area contributed by atoms with Gasteiger partial charge in [-0.15, -0.1) is 0 Å². The van der Waals surface area contributed by atoms with E-state index in [9.17, 15) is 0 Å². The average Bonchev–Trinajstić information content (AvgIpc) is 2.74. The Hall–Kier alpha value is -1.80. The van der Waals surface area contributed by atoms with Crippen molar-refractivity contribution >= 4 is 22.5 Å². The molecule has 3 heteroatoms. The Kier molecular flexibility index (Phi) is 2.15. The van der Waals surface area contributed by atoms with E-state index < -0.39 is 0 Å². The molecule has 2 nitrogen and oxygen atoms in total. The van der Waals surface area contributed by atoms with Crippen LogP contribution in [-0.4, -0.2) is 5.16 Å². The Labute approximate surface area is 97.4 Å². The molecule has 0 atom stereocenters. The molecule has 0 aliphatic rings. The van der Waals surface area contributed by atoms with E-state index in [2.05, 4.69) is 5.16 Å². The van der Waals surface area contributed by atoms with Crippen LogP contribution in [0.5, 0.6) is 0 Å². The number of hydrogen-bond donors (Lipinski definition) is 0. The normalized spacial score (nSPS) is 10.8. The molecule has 0 saturated carbocycles. The topological polar surface area (TPSA) is 26.0 Å². The van der Waals surface area contributed by atoms with Crippen LogP contribution >= 0.6 is 11.6 Å². The van der Waals surface area contributed by atoms with Crippen LogP contribution in [0.1, 0.15) is 0 Å². The van der Waals surface area contributed by atoms with Crippen molar-refractivity contribution in [3.63, 3.8) is 0 Å². The van der Waals surface area contributed by atoms with E-state index in [0.717, 1.165) is 22.2 Å². The van der Waals surface area contributed by atoms with Crippen molar-refractivity contribution in [2.75, 3.05) is 0 Å². The predicted molar refractivity (Wildman–Crippen MR) is 64.5 cm³/mol. The molecule has 0 radical (unpaired) electrons. The molecule has 0 unspecified atom stereocenters. The minimum Gasteiger partial charge on any atom is -0.355 e. The van der Waals surface area contributed by atoms with Gasteiger partial charge in [-0.1, -0.05) is 41.0 Å². The van der Waals surface area contributed by atoms with Crippen LogP contribution in [-0.2, 0) is 0 Å². The second kappa shape index (κ2) is 3.65. The SMILES string of the molecule is Clc1ccccc1-c1onc2ccccc12.